The predicted octanol–water partition coefficient (Wildman–Crippen LogP) is -1.67. The third kappa shape index (κ3) is 8.78. The molecule has 0 amide bonds. The first-order valence-corrected chi connectivity index (χ1v) is 16.5. The van der Waals surface area contributed by atoms with Crippen LogP contribution in [0.15, 0.2) is 38.9 Å². The van der Waals surface area contributed by atoms with Crippen molar-refractivity contribution in [3.05, 3.63) is 55.8 Å². The Balaban J connectivity index is 1.18. The van der Waals surface area contributed by atoms with E-state index in [9.17, 15) is 53.1 Å². The summed E-state index contributed by atoms with van der Waals surface area (Å²) >= 11 is 0. The Morgan fingerprint density at radius 2 is 1.22 bits per heavy atom. The van der Waals surface area contributed by atoms with Crippen LogP contribution >= 0.6 is 33.0 Å². The first-order valence-electron chi connectivity index (χ1n) is 12.1. The number of nitrogens with zero attached hydrogens (tertiary/aromatic N) is 3. The van der Waals surface area contributed by atoms with Crippen LogP contribution in [-0.4, -0.2) is 89.4 Å². The number of anilines is 1. The van der Waals surface area contributed by atoms with Gasteiger partial charge in [-0.25, -0.2) is 9.59 Å². The monoisotopic (exact) mass is 721 g/mol. The van der Waals surface area contributed by atoms with Gasteiger partial charge in [0.2, 0.25) is 0 Å². The van der Waals surface area contributed by atoms with E-state index in [2.05, 4.69) is 17.9 Å². The smallest absolute Gasteiger partial charge is 0.387 e. The maximum Gasteiger partial charge on any atom is 0.798 e. The highest BCUT2D eigenvalue weighted by atomic mass is 31.2. The van der Waals surface area contributed by atoms with Crippen LogP contribution < -0.4 is 22.7 Å². The van der Waals surface area contributed by atoms with Gasteiger partial charge in [-0.2, -0.15) is 4.98 Å². The molecule has 0 bridgehead atoms. The topological polar surface area (TPSA) is 330 Å². The second-order valence-electron chi connectivity index (χ2n) is 8.88. The summed E-state index contributed by atoms with van der Waals surface area (Å²) in [6, 6.07) is 2.20. The lowest BCUT2D eigenvalue weighted by atomic mass is 10.1. The first-order chi connectivity index (χ1) is 21.2. The Bertz CT molecular complexity index is 1640. The summed E-state index contributed by atoms with van der Waals surface area (Å²) in [5.74, 6) is -0.0984. The van der Waals surface area contributed by atoms with Crippen molar-refractivity contribution in [2.75, 3.05) is 18.9 Å². The first kappa shape index (κ1) is 35.2. The standard InChI is InChI=1S/C18H21N5O18P4/c19-9-1-3-22(17(29)20-9)15-13(27)11(25)7(37-15)5-35-42(31)39-44(33)41-45(34)40-43(32)36-6-8-12(26)14(28)16(38-8)23-4-2-10(24)21-18(23)30/h1-4,7-8,11-16,25-28H,5-6H2,(H-2,19,20,21,24,29,30)/q+2/p+2/t7-,8+,11-,12+,13-,14+,15-,16+/m1/s1. The molecule has 23 nitrogen and oxygen atoms in total. The number of rotatable bonds is 14. The molecule has 2 aliphatic heterocycles. The average Bonchev–Trinajstić information content (AvgIpc) is 3.40. The molecule has 12 atom stereocenters. The lowest BCUT2D eigenvalue weighted by molar-refractivity contribution is -0.0516. The van der Waals surface area contributed by atoms with Gasteiger partial charge in [0, 0.05) is 36.7 Å². The van der Waals surface area contributed by atoms with E-state index in [-0.39, 0.29) is 5.82 Å². The molecular formula is C18H23N5O18P4+4. The van der Waals surface area contributed by atoms with E-state index in [1.165, 1.54) is 6.07 Å². The van der Waals surface area contributed by atoms with Gasteiger partial charge in [0.05, 0.1) is 0 Å². The molecule has 4 heterocycles. The number of aliphatic hydroxyl groups is 4. The normalized spacial score (nSPS) is 29.4. The minimum atomic E-state index is -3.48. The van der Waals surface area contributed by atoms with Crippen molar-refractivity contribution < 1.29 is 70.1 Å². The van der Waals surface area contributed by atoms with Crippen molar-refractivity contribution in [1.29, 1.82) is 0 Å². The third-order valence-electron chi connectivity index (χ3n) is 6.01. The summed E-state index contributed by atoms with van der Waals surface area (Å²) in [6.07, 6.45) is -10.0. The van der Waals surface area contributed by atoms with Crippen LogP contribution in [0.4, 0.5) is 5.82 Å². The molecular weight excluding hydrogens is 698 g/mol. The second-order valence-corrected chi connectivity index (χ2v) is 13.1. The van der Waals surface area contributed by atoms with Crippen molar-refractivity contribution in [2.24, 2.45) is 0 Å². The molecule has 0 spiro atoms. The van der Waals surface area contributed by atoms with Crippen molar-refractivity contribution in [1.82, 2.24) is 19.1 Å². The van der Waals surface area contributed by atoms with E-state index in [4.69, 9.17) is 24.3 Å². The van der Waals surface area contributed by atoms with Crippen LogP contribution in [0.2, 0.25) is 0 Å². The van der Waals surface area contributed by atoms with Crippen LogP contribution in [0.1, 0.15) is 12.5 Å². The van der Waals surface area contributed by atoms with Crippen LogP contribution in [0.25, 0.3) is 0 Å². The van der Waals surface area contributed by atoms with Gasteiger partial charge in [0.1, 0.15) is 55.7 Å². The number of aromatic nitrogens is 4. The molecule has 7 N–H and O–H groups in total. The summed E-state index contributed by atoms with van der Waals surface area (Å²) in [5.41, 5.74) is 2.84. The van der Waals surface area contributed by atoms with Crippen molar-refractivity contribution in [2.45, 2.75) is 49.1 Å². The number of nitrogens with one attached hydrogen (secondary N) is 1. The highest BCUT2D eigenvalue weighted by Gasteiger charge is 2.56. The summed E-state index contributed by atoms with van der Waals surface area (Å²) in [7, 11) is -13.5. The van der Waals surface area contributed by atoms with E-state index in [0.29, 0.717) is 0 Å². The minimum absolute atomic E-state index is 0.0984. The summed E-state index contributed by atoms with van der Waals surface area (Å²) in [4.78, 5) is 40.5. The van der Waals surface area contributed by atoms with Gasteiger partial charge in [-0.1, -0.05) is 0 Å². The highest BCUT2D eigenvalue weighted by Crippen LogP contribution is 2.51. The minimum Gasteiger partial charge on any atom is -0.387 e. The SMILES string of the molecule is Nc1ccn([C@@H]2O[C@H](CO[P+](=O)O[P+](=O)O[P+](=O)O[P+](=O)OC[C@@H]3O[C@H](n4ccc(=O)[nH]c4=O)[C@@H](O)[C@H]3O)[C@@H](O)[C@H]2O)c(=O)n1. The van der Waals surface area contributed by atoms with Crippen molar-refractivity contribution >= 4 is 38.8 Å². The number of aliphatic hydroxyl groups excluding tert-OH is 4. The number of hydrogen-bond donors (Lipinski definition) is 6. The molecule has 0 radical (unpaired) electrons. The molecule has 4 unspecified atom stereocenters. The van der Waals surface area contributed by atoms with Crippen molar-refractivity contribution in [3.8, 4) is 0 Å². The fraction of sp³-hybridized carbons (Fsp3) is 0.556. The third-order valence-corrected chi connectivity index (χ3v) is 9.93. The van der Waals surface area contributed by atoms with E-state index in [0.717, 1.165) is 27.6 Å². The number of ether oxygens (including phenoxy) is 2. The summed E-state index contributed by atoms with van der Waals surface area (Å²) < 4.78 is 82.5. The molecule has 4 rings (SSSR count). The van der Waals surface area contributed by atoms with Gasteiger partial charge in [0.15, 0.2) is 25.4 Å². The van der Waals surface area contributed by atoms with E-state index in [1.54, 1.807) is 0 Å². The van der Waals surface area contributed by atoms with Gasteiger partial charge < -0.3 is 35.6 Å². The van der Waals surface area contributed by atoms with Gasteiger partial charge in [-0.3, -0.25) is 18.9 Å². The number of nitrogen functional groups attached to an aromatic ring is 1. The van der Waals surface area contributed by atoms with E-state index < -0.39 is 112 Å². The summed E-state index contributed by atoms with van der Waals surface area (Å²) in [5, 5.41) is 40.7. The lowest BCUT2D eigenvalue weighted by Crippen LogP contribution is -2.37. The Morgan fingerprint density at radius 3 is 1.71 bits per heavy atom. The van der Waals surface area contributed by atoms with Gasteiger partial charge in [-0.05, 0) is 6.07 Å². The molecule has 2 aromatic rings. The number of aromatic amines is 1. The maximum absolute atomic E-state index is 12.0. The number of nitrogens with two attached hydrogens (primary N) is 1. The molecule has 2 saturated heterocycles. The Morgan fingerprint density at radius 1 is 0.756 bits per heavy atom. The van der Waals surface area contributed by atoms with Gasteiger partial charge in [0.25, 0.3) is 5.56 Å². The number of H-pyrrole nitrogens is 1. The molecule has 244 valence electrons. The Kier molecular flexibility index (Phi) is 11.9. The molecule has 2 aromatic heterocycles. The quantitative estimate of drug-likeness (QED) is 0.119. The largest absolute Gasteiger partial charge is 0.798 e. The number of hydrogen-bond acceptors (Lipinski definition) is 20. The van der Waals surface area contributed by atoms with Crippen LogP contribution in [0.3, 0.4) is 0 Å². The van der Waals surface area contributed by atoms with E-state index >= 15 is 0 Å². The lowest BCUT2D eigenvalue weighted by Gasteiger charge is -2.16. The zero-order valence-electron chi connectivity index (χ0n) is 22.1. The molecule has 0 aliphatic carbocycles. The Hall–Kier alpha value is -2.68. The van der Waals surface area contributed by atoms with Crippen molar-refractivity contribution in [3.63, 3.8) is 0 Å². The van der Waals surface area contributed by atoms with Crippen LogP contribution in [0.5, 0.6) is 0 Å². The molecule has 0 aromatic carbocycles. The molecule has 2 aliphatic rings. The maximum atomic E-state index is 12.0. The zero-order valence-corrected chi connectivity index (χ0v) is 25.6. The molecule has 27 heteroatoms. The fourth-order valence-electron chi connectivity index (χ4n) is 3.95. The fourth-order valence-corrected chi connectivity index (χ4v) is 6.95. The zero-order chi connectivity index (χ0) is 33.0. The molecule has 2 fully saturated rings. The second kappa shape index (κ2) is 15.3. The van der Waals surface area contributed by atoms with Crippen LogP contribution in [-0.2, 0) is 49.7 Å². The predicted molar refractivity (Wildman–Crippen MR) is 142 cm³/mol. The average molecular weight is 721 g/mol. The van der Waals surface area contributed by atoms with Crippen LogP contribution in [0, 0.1) is 0 Å². The Labute approximate surface area is 252 Å². The highest BCUT2D eigenvalue weighted by molar-refractivity contribution is 7.56. The van der Waals surface area contributed by atoms with E-state index in [1.807, 2.05) is 4.98 Å². The molecule has 0 saturated carbocycles. The van der Waals surface area contributed by atoms with Gasteiger partial charge >= 0.3 is 44.4 Å². The molecule has 45 heavy (non-hydrogen) atoms. The van der Waals surface area contributed by atoms with Gasteiger partial charge in [-0.15, -0.1) is 9.05 Å². The summed E-state index contributed by atoms with van der Waals surface area (Å²) in [6.45, 7) is -1.45.